The summed E-state index contributed by atoms with van der Waals surface area (Å²) in [7, 11) is 4.11. The van der Waals surface area contributed by atoms with E-state index < -0.39 is 5.97 Å². The van der Waals surface area contributed by atoms with Crippen LogP contribution in [0, 0.1) is 6.92 Å². The fourth-order valence-electron chi connectivity index (χ4n) is 3.12. The second-order valence-corrected chi connectivity index (χ2v) is 7.17. The van der Waals surface area contributed by atoms with Gasteiger partial charge in [0.1, 0.15) is 38.0 Å². The molecule has 2 aromatic carbocycles. The number of hydrogen-bond donors (Lipinski definition) is 0. The van der Waals surface area contributed by atoms with Crippen LogP contribution in [0.15, 0.2) is 57.9 Å². The molecule has 34 heavy (non-hydrogen) atoms. The number of aryl methyl sites for hydroxylation is 1. The average molecular weight is 470 g/mol. The molecule has 0 aliphatic heterocycles. The van der Waals surface area contributed by atoms with Crippen molar-refractivity contribution in [3.8, 4) is 5.75 Å². The molecule has 2 aromatic rings. The van der Waals surface area contributed by atoms with Crippen molar-refractivity contribution < 1.29 is 28.8 Å². The minimum absolute atomic E-state index is 0.0348. The molecule has 9 heteroatoms. The van der Waals surface area contributed by atoms with Crippen molar-refractivity contribution in [1.82, 2.24) is 0 Å². The molecule has 0 saturated heterocycles. The first kappa shape index (κ1) is 26.4. The third-order valence-corrected chi connectivity index (χ3v) is 4.71. The molecule has 2 rings (SSSR count). The van der Waals surface area contributed by atoms with Crippen molar-refractivity contribution in [2.45, 2.75) is 33.8 Å². The van der Waals surface area contributed by atoms with Crippen molar-refractivity contribution >= 4 is 23.1 Å². The molecule has 9 nitrogen and oxygen atoms in total. The second kappa shape index (κ2) is 13.6. The number of hydrogen-bond acceptors (Lipinski definition) is 9. The third-order valence-electron chi connectivity index (χ3n) is 4.71. The highest BCUT2D eigenvalue weighted by Crippen LogP contribution is 2.20. The Bertz CT molecular complexity index is 1060. The van der Waals surface area contributed by atoms with E-state index in [1.165, 1.54) is 21.3 Å². The smallest absolute Gasteiger partial charge is 0.360 e. The van der Waals surface area contributed by atoms with Gasteiger partial charge in [-0.1, -0.05) is 46.7 Å². The van der Waals surface area contributed by atoms with Gasteiger partial charge in [-0.2, -0.15) is 0 Å². The van der Waals surface area contributed by atoms with Crippen LogP contribution in [0.5, 0.6) is 5.75 Å². The van der Waals surface area contributed by atoms with Gasteiger partial charge >= 0.3 is 5.97 Å². The maximum atomic E-state index is 12.1. The Morgan fingerprint density at radius 3 is 2.26 bits per heavy atom. The van der Waals surface area contributed by atoms with Gasteiger partial charge in [0.25, 0.3) is 0 Å². The lowest BCUT2D eigenvalue weighted by Crippen LogP contribution is -2.19. The summed E-state index contributed by atoms with van der Waals surface area (Å²) in [5.41, 5.74) is 4.09. The Labute approximate surface area is 200 Å². The number of ether oxygens (including phenoxy) is 2. The number of oxime groups is 3. The van der Waals surface area contributed by atoms with Gasteiger partial charge in [-0.25, -0.2) is 4.79 Å². The average Bonchev–Trinajstić information content (AvgIpc) is 2.85. The van der Waals surface area contributed by atoms with Gasteiger partial charge in [0.2, 0.25) is 0 Å². The van der Waals surface area contributed by atoms with Gasteiger partial charge in [-0.3, -0.25) is 0 Å². The maximum absolute atomic E-state index is 12.1. The molecule has 0 N–H and O–H groups in total. The summed E-state index contributed by atoms with van der Waals surface area (Å²) in [6.45, 7) is 6.53. The number of methoxy groups -OCH3 is 1. The molecule has 0 aliphatic carbocycles. The second-order valence-electron chi connectivity index (χ2n) is 7.17. The zero-order chi connectivity index (χ0) is 24.9. The van der Waals surface area contributed by atoms with Crippen LogP contribution in [-0.4, -0.2) is 51.0 Å². The van der Waals surface area contributed by atoms with E-state index in [1.54, 1.807) is 25.1 Å². The lowest BCUT2D eigenvalue weighted by atomic mass is 10.0. The van der Waals surface area contributed by atoms with Crippen molar-refractivity contribution in [3.63, 3.8) is 0 Å². The van der Waals surface area contributed by atoms with E-state index in [1.807, 2.05) is 31.2 Å². The van der Waals surface area contributed by atoms with Crippen LogP contribution in [0.2, 0.25) is 0 Å². The van der Waals surface area contributed by atoms with Crippen LogP contribution in [0.3, 0.4) is 0 Å². The van der Waals surface area contributed by atoms with Crippen LogP contribution in [0.1, 0.15) is 42.5 Å². The highest BCUT2D eigenvalue weighted by atomic mass is 16.6. The van der Waals surface area contributed by atoms with Crippen molar-refractivity contribution in [1.29, 1.82) is 0 Å². The van der Waals surface area contributed by atoms with Crippen LogP contribution in [0.25, 0.3) is 0 Å². The van der Waals surface area contributed by atoms with E-state index in [9.17, 15) is 4.79 Å². The minimum atomic E-state index is -0.620. The topological polar surface area (TPSA) is 100 Å². The molecule has 0 aromatic heterocycles. The summed E-state index contributed by atoms with van der Waals surface area (Å²) in [5.74, 6) is 0.173. The summed E-state index contributed by atoms with van der Waals surface area (Å²) in [6.07, 6.45) is 0.932. The fourth-order valence-corrected chi connectivity index (χ4v) is 3.12. The molecule has 0 saturated carbocycles. The molecule has 0 atom stereocenters. The van der Waals surface area contributed by atoms with E-state index in [-0.39, 0.29) is 12.3 Å². The number of nitrogens with zero attached hydrogens (tertiary/aromatic N) is 3. The van der Waals surface area contributed by atoms with Gasteiger partial charge in [-0.15, -0.1) is 0 Å². The summed E-state index contributed by atoms with van der Waals surface area (Å²) < 4.78 is 10.5. The van der Waals surface area contributed by atoms with Crippen LogP contribution >= 0.6 is 0 Å². The van der Waals surface area contributed by atoms with Crippen molar-refractivity contribution in [2.24, 2.45) is 15.5 Å². The normalized spacial score (nSPS) is 12.2. The summed E-state index contributed by atoms with van der Waals surface area (Å²) >= 11 is 0. The van der Waals surface area contributed by atoms with Gasteiger partial charge in [0, 0.05) is 16.7 Å². The number of rotatable bonds is 12. The largest absolute Gasteiger partial charge is 0.494 e. The van der Waals surface area contributed by atoms with Crippen LogP contribution < -0.4 is 4.74 Å². The highest BCUT2D eigenvalue weighted by molar-refractivity contribution is 6.47. The molecule has 0 aliphatic rings. The number of carbonyl (C=O) groups excluding carboxylic acids is 1. The predicted molar refractivity (Wildman–Crippen MR) is 130 cm³/mol. The van der Waals surface area contributed by atoms with Crippen molar-refractivity contribution in [2.75, 3.05) is 27.9 Å². The molecule has 0 spiro atoms. The van der Waals surface area contributed by atoms with E-state index in [0.717, 1.165) is 23.3 Å². The zero-order valence-electron chi connectivity index (χ0n) is 20.5. The van der Waals surface area contributed by atoms with Gasteiger partial charge in [0.05, 0.1) is 13.7 Å². The molecule has 0 amide bonds. The predicted octanol–water partition coefficient (Wildman–Crippen LogP) is 4.25. The Morgan fingerprint density at radius 1 is 0.912 bits per heavy atom. The SMILES string of the molecule is CCCOc1ccc(C(=NOC)C(C)=NOCc2ccccc2C(=NOC)C(=O)OC)c(C)c1. The van der Waals surface area contributed by atoms with E-state index in [0.29, 0.717) is 29.2 Å². The van der Waals surface area contributed by atoms with Crippen molar-refractivity contribution in [3.05, 3.63) is 64.7 Å². The highest BCUT2D eigenvalue weighted by Gasteiger charge is 2.19. The maximum Gasteiger partial charge on any atom is 0.360 e. The first-order valence-corrected chi connectivity index (χ1v) is 10.8. The number of carbonyl (C=O) groups is 1. The first-order chi connectivity index (χ1) is 16.5. The fraction of sp³-hybridized carbons (Fsp3) is 0.360. The van der Waals surface area contributed by atoms with Crippen LogP contribution in [-0.2, 0) is 30.7 Å². The Balaban J connectivity index is 2.25. The third kappa shape index (κ3) is 7.06. The van der Waals surface area contributed by atoms with Gasteiger partial charge in [-0.05, 0) is 44.0 Å². The van der Waals surface area contributed by atoms with E-state index in [2.05, 4.69) is 22.4 Å². The molecule has 0 unspecified atom stereocenters. The molecule has 0 bridgehead atoms. The molecular formula is C25H31N3O6. The monoisotopic (exact) mass is 469 g/mol. The Hall–Kier alpha value is -3.88. The summed E-state index contributed by atoms with van der Waals surface area (Å²) in [6, 6.07) is 12.9. The molecule has 0 fully saturated rings. The zero-order valence-corrected chi connectivity index (χ0v) is 20.5. The lowest BCUT2D eigenvalue weighted by molar-refractivity contribution is -0.132. The number of esters is 1. The Morgan fingerprint density at radius 2 is 1.62 bits per heavy atom. The first-order valence-electron chi connectivity index (χ1n) is 10.8. The Kier molecular flexibility index (Phi) is 10.6. The van der Waals surface area contributed by atoms with Gasteiger partial charge < -0.3 is 24.0 Å². The van der Waals surface area contributed by atoms with Gasteiger partial charge in [0.15, 0.2) is 5.71 Å². The minimum Gasteiger partial charge on any atom is -0.494 e. The quantitative estimate of drug-likeness (QED) is 0.262. The molecule has 182 valence electrons. The van der Waals surface area contributed by atoms with E-state index in [4.69, 9.17) is 24.0 Å². The van der Waals surface area contributed by atoms with E-state index >= 15 is 0 Å². The standard InChI is InChI=1S/C25H31N3O6/c1-7-14-33-20-12-13-21(17(2)15-20)23(27-31-5)18(3)26-34-16-19-10-8-9-11-22(19)24(28-32-6)25(29)30-4/h8-13,15H,7,14,16H2,1-6H3. The molecular weight excluding hydrogens is 438 g/mol. The summed E-state index contributed by atoms with van der Waals surface area (Å²) in [5, 5.41) is 12.2. The number of benzene rings is 2. The summed E-state index contributed by atoms with van der Waals surface area (Å²) in [4.78, 5) is 27.6. The molecule has 0 heterocycles. The van der Waals surface area contributed by atoms with Crippen LogP contribution in [0.4, 0.5) is 0 Å². The molecule has 0 radical (unpaired) electrons. The lowest BCUT2D eigenvalue weighted by Gasteiger charge is -2.12.